The van der Waals surface area contributed by atoms with E-state index in [9.17, 15) is 9.59 Å². The number of rotatable bonds is 5. The van der Waals surface area contributed by atoms with Crippen LogP contribution in [0.4, 0.5) is 0 Å². The van der Waals surface area contributed by atoms with Crippen LogP contribution in [0.15, 0.2) is 0 Å². The highest BCUT2D eigenvalue weighted by Crippen LogP contribution is 2.20. The molecule has 1 unspecified atom stereocenters. The van der Waals surface area contributed by atoms with E-state index in [2.05, 4.69) is 10.2 Å². The van der Waals surface area contributed by atoms with Crippen molar-refractivity contribution in [3.8, 4) is 0 Å². The number of nitrogens with zero attached hydrogens (tertiary/aromatic N) is 1. The summed E-state index contributed by atoms with van der Waals surface area (Å²) in [7, 11) is 0. The van der Waals surface area contributed by atoms with Crippen molar-refractivity contribution < 1.29 is 14.7 Å². The molecule has 2 N–H and O–H groups in total. The van der Waals surface area contributed by atoms with Gasteiger partial charge in [0.25, 0.3) is 0 Å². The van der Waals surface area contributed by atoms with E-state index in [1.165, 1.54) is 25.7 Å². The molecule has 1 aliphatic carbocycles. The Kier molecular flexibility index (Phi) is 6.49. The average molecular weight is 296 g/mol. The minimum absolute atomic E-state index is 0.0242. The number of nitrogens with one attached hydrogen (secondary N) is 1. The Labute approximate surface area is 127 Å². The van der Waals surface area contributed by atoms with Crippen molar-refractivity contribution in [3.05, 3.63) is 0 Å². The van der Waals surface area contributed by atoms with Crippen LogP contribution in [-0.2, 0) is 9.59 Å². The summed E-state index contributed by atoms with van der Waals surface area (Å²) in [6.45, 7) is 1.20. The molecule has 5 nitrogen and oxygen atoms in total. The van der Waals surface area contributed by atoms with Crippen molar-refractivity contribution in [2.75, 3.05) is 13.1 Å². The van der Waals surface area contributed by atoms with Gasteiger partial charge in [-0.3, -0.25) is 14.5 Å². The maximum atomic E-state index is 12.2. The normalized spacial score (nSPS) is 25.2. The molecule has 0 spiro atoms. The monoisotopic (exact) mass is 296 g/mol. The van der Waals surface area contributed by atoms with Crippen LogP contribution in [0.1, 0.15) is 64.2 Å². The topological polar surface area (TPSA) is 69.6 Å². The number of likely N-dealkylation sites (tertiary alicyclic amines) is 1. The largest absolute Gasteiger partial charge is 0.481 e. The zero-order valence-electron chi connectivity index (χ0n) is 12.9. The van der Waals surface area contributed by atoms with E-state index in [1.807, 2.05) is 0 Å². The molecule has 2 aliphatic rings. The molecule has 1 heterocycles. The lowest BCUT2D eigenvalue weighted by atomic mass is 9.99. The van der Waals surface area contributed by atoms with E-state index in [4.69, 9.17) is 5.11 Å². The van der Waals surface area contributed by atoms with Gasteiger partial charge in [-0.15, -0.1) is 0 Å². The highest BCUT2D eigenvalue weighted by atomic mass is 16.4. The first-order valence-electron chi connectivity index (χ1n) is 8.40. The highest BCUT2D eigenvalue weighted by Gasteiger charge is 2.26. The molecule has 0 aromatic heterocycles. The summed E-state index contributed by atoms with van der Waals surface area (Å²) in [6.07, 6.45) is 10.3. The van der Waals surface area contributed by atoms with E-state index in [0.29, 0.717) is 12.6 Å². The molecule has 1 aliphatic heterocycles. The van der Waals surface area contributed by atoms with Crippen molar-refractivity contribution in [1.29, 1.82) is 0 Å². The van der Waals surface area contributed by atoms with Gasteiger partial charge in [-0.05, 0) is 32.2 Å². The Bertz CT molecular complexity index is 351. The molecule has 1 amide bonds. The number of amides is 1. The fraction of sp³-hybridized carbons (Fsp3) is 0.875. The molecule has 1 saturated heterocycles. The summed E-state index contributed by atoms with van der Waals surface area (Å²) in [4.78, 5) is 25.2. The first-order valence-corrected chi connectivity index (χ1v) is 8.40. The number of carbonyl (C=O) groups is 2. The molecule has 1 atom stereocenters. The first kappa shape index (κ1) is 16.3. The Balaban J connectivity index is 1.80. The minimum atomic E-state index is -0.768. The second-order valence-electron chi connectivity index (χ2n) is 6.47. The molecule has 1 saturated carbocycles. The standard InChI is InChI=1S/C16H28N2O3/c19-15(17-13-7-3-1-2-4-8-13)12-18-10-6-5-9-14(18)11-16(20)21/h13-14H,1-12H2,(H,17,19)(H,20,21). The molecule has 0 aromatic carbocycles. The second-order valence-corrected chi connectivity index (χ2v) is 6.47. The Morgan fingerprint density at radius 1 is 1.00 bits per heavy atom. The lowest BCUT2D eigenvalue weighted by molar-refractivity contribution is -0.139. The number of hydrogen-bond donors (Lipinski definition) is 2. The van der Waals surface area contributed by atoms with Gasteiger partial charge in [-0.1, -0.05) is 32.1 Å². The molecule has 2 fully saturated rings. The lowest BCUT2D eigenvalue weighted by Gasteiger charge is -2.34. The van der Waals surface area contributed by atoms with Gasteiger partial charge in [0, 0.05) is 12.1 Å². The van der Waals surface area contributed by atoms with Crippen LogP contribution < -0.4 is 5.32 Å². The minimum Gasteiger partial charge on any atom is -0.481 e. The zero-order chi connectivity index (χ0) is 15.1. The van der Waals surface area contributed by atoms with Gasteiger partial charge in [0.05, 0.1) is 13.0 Å². The van der Waals surface area contributed by atoms with Crippen LogP contribution >= 0.6 is 0 Å². The van der Waals surface area contributed by atoms with Crippen molar-refractivity contribution in [2.45, 2.75) is 76.3 Å². The fourth-order valence-electron chi connectivity index (χ4n) is 3.58. The first-order chi connectivity index (χ1) is 10.1. The van der Waals surface area contributed by atoms with Gasteiger partial charge in [-0.25, -0.2) is 0 Å². The fourth-order valence-corrected chi connectivity index (χ4v) is 3.58. The van der Waals surface area contributed by atoms with Crippen LogP contribution in [0.25, 0.3) is 0 Å². The van der Waals surface area contributed by atoms with Crippen LogP contribution in [0.3, 0.4) is 0 Å². The molecular weight excluding hydrogens is 268 g/mol. The number of aliphatic carboxylic acids is 1. The van der Waals surface area contributed by atoms with Gasteiger partial charge in [0.15, 0.2) is 0 Å². The highest BCUT2D eigenvalue weighted by molar-refractivity contribution is 5.78. The Morgan fingerprint density at radius 3 is 2.33 bits per heavy atom. The molecule has 0 aromatic rings. The zero-order valence-corrected chi connectivity index (χ0v) is 12.9. The van der Waals surface area contributed by atoms with Gasteiger partial charge >= 0.3 is 5.97 Å². The second kappa shape index (κ2) is 8.37. The smallest absolute Gasteiger partial charge is 0.304 e. The van der Waals surface area contributed by atoms with Crippen molar-refractivity contribution in [2.24, 2.45) is 0 Å². The average Bonchev–Trinajstić information content (AvgIpc) is 2.69. The van der Waals surface area contributed by atoms with E-state index in [-0.39, 0.29) is 18.4 Å². The summed E-state index contributed by atoms with van der Waals surface area (Å²) in [6, 6.07) is 0.346. The third-order valence-corrected chi connectivity index (χ3v) is 4.73. The quantitative estimate of drug-likeness (QED) is 0.763. The van der Waals surface area contributed by atoms with E-state index in [0.717, 1.165) is 38.6 Å². The van der Waals surface area contributed by atoms with Crippen molar-refractivity contribution in [3.63, 3.8) is 0 Å². The third-order valence-electron chi connectivity index (χ3n) is 4.73. The van der Waals surface area contributed by atoms with E-state index < -0.39 is 5.97 Å². The third kappa shape index (κ3) is 5.65. The van der Waals surface area contributed by atoms with E-state index >= 15 is 0 Å². The molecule has 5 heteroatoms. The molecule has 0 radical (unpaired) electrons. The Hall–Kier alpha value is -1.10. The summed E-state index contributed by atoms with van der Waals surface area (Å²) in [5.41, 5.74) is 0. The maximum Gasteiger partial charge on any atom is 0.304 e. The summed E-state index contributed by atoms with van der Waals surface area (Å²) in [5, 5.41) is 12.1. The van der Waals surface area contributed by atoms with Gasteiger partial charge in [-0.2, -0.15) is 0 Å². The number of carboxylic acid groups (broad SMARTS) is 1. The number of carboxylic acids is 1. The van der Waals surface area contributed by atoms with Crippen LogP contribution in [0.2, 0.25) is 0 Å². The predicted octanol–water partition coefficient (Wildman–Crippen LogP) is 2.15. The summed E-state index contributed by atoms with van der Waals surface area (Å²) in [5.74, 6) is -0.699. The maximum absolute atomic E-state index is 12.2. The predicted molar refractivity (Wildman–Crippen MR) is 81.1 cm³/mol. The Morgan fingerprint density at radius 2 is 1.67 bits per heavy atom. The number of carbonyl (C=O) groups excluding carboxylic acids is 1. The number of hydrogen-bond acceptors (Lipinski definition) is 3. The number of piperidine rings is 1. The lowest BCUT2D eigenvalue weighted by Crippen LogP contribution is -2.48. The van der Waals surface area contributed by atoms with Crippen molar-refractivity contribution in [1.82, 2.24) is 10.2 Å². The van der Waals surface area contributed by atoms with Gasteiger partial charge in [0.2, 0.25) is 5.91 Å². The molecular formula is C16H28N2O3. The van der Waals surface area contributed by atoms with E-state index in [1.54, 1.807) is 0 Å². The molecule has 120 valence electrons. The molecule has 2 rings (SSSR count). The summed E-state index contributed by atoms with van der Waals surface area (Å²) < 4.78 is 0. The SMILES string of the molecule is O=C(O)CC1CCCCN1CC(=O)NC1CCCCCC1. The molecule has 21 heavy (non-hydrogen) atoms. The van der Waals surface area contributed by atoms with Gasteiger partial charge < -0.3 is 10.4 Å². The van der Waals surface area contributed by atoms with Gasteiger partial charge in [0.1, 0.15) is 0 Å². The molecule has 0 bridgehead atoms. The summed E-state index contributed by atoms with van der Waals surface area (Å²) >= 11 is 0. The van der Waals surface area contributed by atoms with Crippen LogP contribution in [-0.4, -0.2) is 47.1 Å². The van der Waals surface area contributed by atoms with Crippen molar-refractivity contribution >= 4 is 11.9 Å². The van der Waals surface area contributed by atoms with Crippen LogP contribution in [0.5, 0.6) is 0 Å². The van der Waals surface area contributed by atoms with Crippen LogP contribution in [0, 0.1) is 0 Å².